The van der Waals surface area contributed by atoms with Crippen LogP contribution >= 0.6 is 0 Å². The number of aliphatic carboxylic acids is 1. The molecular formula is C11H9NO6. The molecule has 2 rings (SSSR count). The summed E-state index contributed by atoms with van der Waals surface area (Å²) in [6.45, 7) is 0. The standard InChI is InChI=1S/C11H9NO6/c1-17-11(16)5-2-3-6-7(4-5)18-9(12-6)8(13)10(14)15/h2-4,8,13H,1H3,(H,14,15). The molecule has 0 saturated heterocycles. The average molecular weight is 251 g/mol. The predicted octanol–water partition coefficient (Wildman–Crippen LogP) is 0.732. The van der Waals surface area contributed by atoms with Crippen LogP contribution in [-0.2, 0) is 9.53 Å². The van der Waals surface area contributed by atoms with Gasteiger partial charge in [-0.15, -0.1) is 0 Å². The van der Waals surface area contributed by atoms with Gasteiger partial charge in [-0.2, -0.15) is 0 Å². The molecular weight excluding hydrogens is 242 g/mol. The number of carboxylic acids is 1. The molecule has 7 heteroatoms. The lowest BCUT2D eigenvalue weighted by atomic mass is 10.2. The minimum atomic E-state index is -1.83. The van der Waals surface area contributed by atoms with Gasteiger partial charge in [-0.3, -0.25) is 0 Å². The number of carbonyl (C=O) groups excluding carboxylic acids is 1. The van der Waals surface area contributed by atoms with Crippen molar-refractivity contribution < 1.29 is 29.0 Å². The molecule has 7 nitrogen and oxygen atoms in total. The first-order chi connectivity index (χ1) is 8.52. The summed E-state index contributed by atoms with van der Waals surface area (Å²) >= 11 is 0. The highest BCUT2D eigenvalue weighted by Gasteiger charge is 2.22. The first kappa shape index (κ1) is 12.1. The lowest BCUT2D eigenvalue weighted by Gasteiger charge is -1.97. The maximum atomic E-state index is 11.3. The van der Waals surface area contributed by atoms with Crippen molar-refractivity contribution in [2.75, 3.05) is 7.11 Å². The Morgan fingerprint density at radius 3 is 2.78 bits per heavy atom. The molecule has 0 amide bonds. The van der Waals surface area contributed by atoms with E-state index < -0.39 is 18.0 Å². The van der Waals surface area contributed by atoms with Crippen LogP contribution < -0.4 is 0 Å². The van der Waals surface area contributed by atoms with Crippen LogP contribution in [0.2, 0.25) is 0 Å². The van der Waals surface area contributed by atoms with E-state index >= 15 is 0 Å². The molecule has 0 aliphatic rings. The summed E-state index contributed by atoms with van der Waals surface area (Å²) in [5.74, 6) is -2.34. The van der Waals surface area contributed by atoms with Gasteiger partial charge in [-0.05, 0) is 18.2 Å². The lowest BCUT2D eigenvalue weighted by Crippen LogP contribution is -2.10. The largest absolute Gasteiger partial charge is 0.479 e. The number of esters is 1. The molecule has 0 aliphatic carbocycles. The first-order valence-electron chi connectivity index (χ1n) is 4.92. The van der Waals surface area contributed by atoms with Crippen LogP contribution in [-0.4, -0.2) is 34.2 Å². The smallest absolute Gasteiger partial charge is 0.342 e. The van der Waals surface area contributed by atoms with E-state index in [4.69, 9.17) is 9.52 Å². The Balaban J connectivity index is 2.46. The van der Waals surface area contributed by atoms with Crippen molar-refractivity contribution in [3.05, 3.63) is 29.7 Å². The Hall–Kier alpha value is -2.41. The number of aliphatic hydroxyl groups excluding tert-OH is 1. The molecule has 1 aromatic heterocycles. The van der Waals surface area contributed by atoms with Crippen molar-refractivity contribution in [3.63, 3.8) is 0 Å². The van der Waals surface area contributed by atoms with Gasteiger partial charge in [-0.25, -0.2) is 14.6 Å². The Bertz CT molecular complexity index is 617. The Kier molecular flexibility index (Phi) is 2.99. The van der Waals surface area contributed by atoms with Crippen molar-refractivity contribution in [2.24, 2.45) is 0 Å². The first-order valence-corrected chi connectivity index (χ1v) is 4.92. The lowest BCUT2D eigenvalue weighted by molar-refractivity contribution is -0.148. The van der Waals surface area contributed by atoms with Gasteiger partial charge in [0.05, 0.1) is 12.7 Å². The number of nitrogens with zero attached hydrogens (tertiary/aromatic N) is 1. The van der Waals surface area contributed by atoms with Crippen molar-refractivity contribution in [1.29, 1.82) is 0 Å². The summed E-state index contributed by atoms with van der Waals surface area (Å²) in [6.07, 6.45) is -1.83. The van der Waals surface area contributed by atoms with Crippen LogP contribution in [0.15, 0.2) is 22.6 Å². The van der Waals surface area contributed by atoms with Gasteiger partial charge in [0.25, 0.3) is 0 Å². The zero-order chi connectivity index (χ0) is 13.3. The number of ether oxygens (including phenoxy) is 1. The number of carboxylic acid groups (broad SMARTS) is 1. The molecule has 94 valence electrons. The fourth-order valence-corrected chi connectivity index (χ4v) is 1.41. The van der Waals surface area contributed by atoms with Gasteiger partial charge in [0, 0.05) is 0 Å². The summed E-state index contributed by atoms with van der Waals surface area (Å²) in [4.78, 5) is 25.7. The minimum absolute atomic E-state index is 0.202. The van der Waals surface area contributed by atoms with Crippen LogP contribution in [0.5, 0.6) is 0 Å². The van der Waals surface area contributed by atoms with Crippen molar-refractivity contribution >= 4 is 23.0 Å². The van der Waals surface area contributed by atoms with E-state index in [9.17, 15) is 14.7 Å². The molecule has 2 aromatic rings. The number of aromatic nitrogens is 1. The molecule has 0 radical (unpaired) electrons. The van der Waals surface area contributed by atoms with E-state index in [1.807, 2.05) is 0 Å². The summed E-state index contributed by atoms with van der Waals surface area (Å²) < 4.78 is 9.61. The third-order valence-corrected chi connectivity index (χ3v) is 2.29. The van der Waals surface area contributed by atoms with E-state index in [0.717, 1.165) is 0 Å². The maximum Gasteiger partial charge on any atom is 0.342 e. The summed E-state index contributed by atoms with van der Waals surface area (Å²) in [5.41, 5.74) is 0.795. The van der Waals surface area contributed by atoms with E-state index in [-0.39, 0.29) is 17.0 Å². The number of carbonyl (C=O) groups is 2. The van der Waals surface area contributed by atoms with Crippen molar-refractivity contribution in [3.8, 4) is 0 Å². The number of methoxy groups -OCH3 is 1. The van der Waals surface area contributed by atoms with Crippen molar-refractivity contribution in [2.45, 2.75) is 6.10 Å². The Morgan fingerprint density at radius 2 is 2.17 bits per heavy atom. The average Bonchev–Trinajstić information content (AvgIpc) is 2.79. The molecule has 18 heavy (non-hydrogen) atoms. The molecule has 2 N–H and O–H groups in total. The second kappa shape index (κ2) is 4.46. The van der Waals surface area contributed by atoms with Gasteiger partial charge in [0.2, 0.25) is 12.0 Å². The number of hydrogen-bond donors (Lipinski definition) is 2. The number of aliphatic hydroxyl groups is 1. The van der Waals surface area contributed by atoms with Gasteiger partial charge in [0.15, 0.2) is 5.58 Å². The zero-order valence-electron chi connectivity index (χ0n) is 9.28. The quantitative estimate of drug-likeness (QED) is 0.773. The molecule has 0 saturated carbocycles. The van der Waals surface area contributed by atoms with Gasteiger partial charge in [0.1, 0.15) is 5.52 Å². The monoisotopic (exact) mass is 251 g/mol. The second-order valence-electron chi connectivity index (χ2n) is 3.47. The van der Waals surface area contributed by atoms with E-state index in [1.54, 1.807) is 0 Å². The molecule has 0 fully saturated rings. The summed E-state index contributed by atoms with van der Waals surface area (Å²) in [7, 11) is 1.24. The number of oxazole rings is 1. The SMILES string of the molecule is COC(=O)c1ccc2nc(C(O)C(=O)O)oc2c1. The molecule has 0 spiro atoms. The molecule has 1 heterocycles. The number of benzene rings is 1. The summed E-state index contributed by atoms with van der Waals surface area (Å²) in [6, 6.07) is 4.31. The third kappa shape index (κ3) is 2.03. The van der Waals surface area contributed by atoms with Gasteiger partial charge < -0.3 is 19.4 Å². The molecule has 0 aliphatic heterocycles. The molecule has 1 unspecified atom stereocenters. The fourth-order valence-electron chi connectivity index (χ4n) is 1.41. The Morgan fingerprint density at radius 1 is 1.44 bits per heavy atom. The molecule has 0 bridgehead atoms. The van der Waals surface area contributed by atoms with Crippen LogP contribution in [0.3, 0.4) is 0 Å². The third-order valence-electron chi connectivity index (χ3n) is 2.29. The van der Waals surface area contributed by atoms with Crippen LogP contribution in [0.1, 0.15) is 22.4 Å². The predicted molar refractivity (Wildman–Crippen MR) is 57.9 cm³/mol. The van der Waals surface area contributed by atoms with E-state index in [2.05, 4.69) is 9.72 Å². The summed E-state index contributed by atoms with van der Waals surface area (Å²) in [5, 5.41) is 17.9. The van der Waals surface area contributed by atoms with E-state index in [1.165, 1.54) is 25.3 Å². The van der Waals surface area contributed by atoms with Crippen LogP contribution in [0.25, 0.3) is 11.1 Å². The van der Waals surface area contributed by atoms with E-state index in [0.29, 0.717) is 5.52 Å². The highest BCUT2D eigenvalue weighted by Crippen LogP contribution is 2.21. The highest BCUT2D eigenvalue weighted by molar-refractivity contribution is 5.93. The topological polar surface area (TPSA) is 110 Å². The normalized spacial score (nSPS) is 12.3. The van der Waals surface area contributed by atoms with Gasteiger partial charge in [-0.1, -0.05) is 0 Å². The maximum absolute atomic E-state index is 11.3. The molecule has 1 atom stereocenters. The van der Waals surface area contributed by atoms with Crippen LogP contribution in [0, 0.1) is 0 Å². The highest BCUT2D eigenvalue weighted by atomic mass is 16.5. The van der Waals surface area contributed by atoms with Gasteiger partial charge >= 0.3 is 11.9 Å². The van der Waals surface area contributed by atoms with Crippen LogP contribution in [0.4, 0.5) is 0 Å². The number of hydrogen-bond acceptors (Lipinski definition) is 6. The number of rotatable bonds is 3. The van der Waals surface area contributed by atoms with Crippen molar-refractivity contribution in [1.82, 2.24) is 4.98 Å². The number of fused-ring (bicyclic) bond motifs is 1. The second-order valence-corrected chi connectivity index (χ2v) is 3.47. The Labute approximate surface area is 101 Å². The molecule has 1 aromatic carbocycles. The fraction of sp³-hybridized carbons (Fsp3) is 0.182. The zero-order valence-corrected chi connectivity index (χ0v) is 9.28. The minimum Gasteiger partial charge on any atom is -0.479 e.